The summed E-state index contributed by atoms with van der Waals surface area (Å²) in [5, 5.41) is 8.91. The van der Waals surface area contributed by atoms with Crippen LogP contribution < -0.4 is 0 Å². The van der Waals surface area contributed by atoms with Gasteiger partial charge >= 0.3 is 0 Å². The van der Waals surface area contributed by atoms with Crippen LogP contribution in [0.25, 0.3) is 11.3 Å². The predicted octanol–water partition coefficient (Wildman–Crippen LogP) is 2.65. The van der Waals surface area contributed by atoms with Crippen molar-refractivity contribution in [3.63, 3.8) is 0 Å². The molecule has 0 radical (unpaired) electrons. The lowest BCUT2D eigenvalue weighted by Gasteiger charge is -1.99. The summed E-state index contributed by atoms with van der Waals surface area (Å²) < 4.78 is 0. The van der Waals surface area contributed by atoms with Crippen LogP contribution in [0.2, 0.25) is 0 Å². The molecule has 0 saturated heterocycles. The minimum atomic E-state index is 0.734. The van der Waals surface area contributed by atoms with Gasteiger partial charge in [0.1, 0.15) is 5.69 Å². The molecular weight excluding hydrogens is 206 g/mol. The van der Waals surface area contributed by atoms with Crippen LogP contribution in [0, 0.1) is 0 Å². The van der Waals surface area contributed by atoms with E-state index in [1.807, 2.05) is 30.3 Å². The quantitative estimate of drug-likeness (QED) is 0.741. The summed E-state index contributed by atoms with van der Waals surface area (Å²) in [5.74, 6) is 0.965. The van der Waals surface area contributed by atoms with Crippen molar-refractivity contribution in [3.8, 4) is 11.3 Å². The number of aromatic nitrogens is 3. The van der Waals surface area contributed by atoms with Crippen LogP contribution >= 0.6 is 11.8 Å². The minimum Gasteiger partial charge on any atom is -0.227 e. The number of rotatable bonds is 3. The molecule has 1 aromatic heterocycles. The molecule has 2 rings (SSSR count). The average Bonchev–Trinajstić information content (AvgIpc) is 2.32. The lowest BCUT2D eigenvalue weighted by molar-refractivity contribution is 0.845. The first-order valence-corrected chi connectivity index (χ1v) is 5.76. The lowest BCUT2D eigenvalue weighted by atomic mass is 10.2. The van der Waals surface area contributed by atoms with Crippen molar-refractivity contribution in [3.05, 3.63) is 36.5 Å². The molecule has 15 heavy (non-hydrogen) atoms. The molecule has 0 saturated carbocycles. The first-order chi connectivity index (χ1) is 7.40. The highest BCUT2D eigenvalue weighted by molar-refractivity contribution is 7.99. The highest BCUT2D eigenvalue weighted by Crippen LogP contribution is 2.16. The van der Waals surface area contributed by atoms with E-state index in [2.05, 4.69) is 22.1 Å². The maximum absolute atomic E-state index is 4.23. The van der Waals surface area contributed by atoms with E-state index in [1.165, 1.54) is 0 Å². The standard InChI is InChI=1S/C11H11N3S/c1-2-15-11-12-8-10(13-14-11)9-6-4-3-5-7-9/h3-8H,2H2,1H3. The number of nitrogens with zero attached hydrogens (tertiary/aromatic N) is 3. The smallest absolute Gasteiger partial charge is 0.209 e. The molecular formula is C11H11N3S. The first-order valence-electron chi connectivity index (χ1n) is 4.78. The molecule has 1 aromatic carbocycles. The summed E-state index contributed by atoms with van der Waals surface area (Å²) in [6.45, 7) is 2.07. The number of benzene rings is 1. The second-order valence-corrected chi connectivity index (χ2v) is 4.16. The molecule has 0 amide bonds. The third-order valence-corrected chi connectivity index (χ3v) is 2.62. The zero-order valence-corrected chi connectivity index (χ0v) is 9.24. The van der Waals surface area contributed by atoms with Crippen LogP contribution in [0.5, 0.6) is 0 Å². The molecule has 0 aliphatic heterocycles. The molecule has 0 bridgehead atoms. The molecule has 1 heterocycles. The van der Waals surface area contributed by atoms with E-state index in [0.717, 1.165) is 22.2 Å². The zero-order chi connectivity index (χ0) is 10.5. The summed E-state index contributed by atoms with van der Waals surface area (Å²) in [5.41, 5.74) is 1.86. The van der Waals surface area contributed by atoms with E-state index in [0.29, 0.717) is 0 Å². The van der Waals surface area contributed by atoms with Crippen molar-refractivity contribution in [2.45, 2.75) is 12.1 Å². The molecule has 0 aliphatic rings. The molecule has 0 fully saturated rings. The topological polar surface area (TPSA) is 38.7 Å². The number of hydrogen-bond acceptors (Lipinski definition) is 4. The Balaban J connectivity index is 2.24. The Morgan fingerprint density at radius 3 is 2.53 bits per heavy atom. The van der Waals surface area contributed by atoms with Gasteiger partial charge in [0.05, 0.1) is 6.20 Å². The van der Waals surface area contributed by atoms with Gasteiger partial charge in [0, 0.05) is 5.56 Å². The van der Waals surface area contributed by atoms with Gasteiger partial charge in [-0.1, -0.05) is 49.0 Å². The van der Waals surface area contributed by atoms with Crippen molar-refractivity contribution < 1.29 is 0 Å². The van der Waals surface area contributed by atoms with E-state index < -0.39 is 0 Å². The largest absolute Gasteiger partial charge is 0.227 e. The van der Waals surface area contributed by atoms with E-state index in [9.17, 15) is 0 Å². The normalized spacial score (nSPS) is 10.2. The zero-order valence-electron chi connectivity index (χ0n) is 8.42. The molecule has 76 valence electrons. The Morgan fingerprint density at radius 1 is 1.13 bits per heavy atom. The summed E-state index contributed by atoms with van der Waals surface area (Å²) in [6, 6.07) is 9.93. The predicted molar refractivity (Wildman–Crippen MR) is 61.7 cm³/mol. The van der Waals surface area contributed by atoms with E-state index in [1.54, 1.807) is 18.0 Å². The van der Waals surface area contributed by atoms with Gasteiger partial charge in [-0.3, -0.25) is 0 Å². The van der Waals surface area contributed by atoms with Gasteiger partial charge in [0.2, 0.25) is 5.16 Å². The van der Waals surface area contributed by atoms with Crippen LogP contribution in [-0.4, -0.2) is 20.9 Å². The van der Waals surface area contributed by atoms with E-state index in [-0.39, 0.29) is 0 Å². The minimum absolute atomic E-state index is 0.734. The molecule has 4 heteroatoms. The van der Waals surface area contributed by atoms with Crippen LogP contribution in [0.1, 0.15) is 6.92 Å². The second kappa shape index (κ2) is 4.89. The molecule has 0 spiro atoms. The lowest BCUT2D eigenvalue weighted by Crippen LogP contribution is -1.93. The fourth-order valence-electron chi connectivity index (χ4n) is 1.20. The summed E-state index contributed by atoms with van der Waals surface area (Å²) in [6.07, 6.45) is 1.76. The summed E-state index contributed by atoms with van der Waals surface area (Å²) in [7, 11) is 0. The van der Waals surface area contributed by atoms with Gasteiger partial charge in [-0.15, -0.1) is 10.2 Å². The Labute approximate surface area is 93.0 Å². The Kier molecular flexibility index (Phi) is 3.29. The monoisotopic (exact) mass is 217 g/mol. The SMILES string of the molecule is CCSc1ncc(-c2ccccc2)nn1. The molecule has 0 aliphatic carbocycles. The van der Waals surface area contributed by atoms with Crippen molar-refractivity contribution in [2.75, 3.05) is 5.75 Å². The highest BCUT2D eigenvalue weighted by atomic mass is 32.2. The maximum Gasteiger partial charge on any atom is 0.209 e. The third-order valence-electron chi connectivity index (χ3n) is 1.88. The van der Waals surface area contributed by atoms with E-state index in [4.69, 9.17) is 0 Å². The van der Waals surface area contributed by atoms with Gasteiger partial charge < -0.3 is 0 Å². The van der Waals surface area contributed by atoms with Gasteiger partial charge in [-0.25, -0.2) is 4.98 Å². The number of thioether (sulfide) groups is 1. The molecule has 0 atom stereocenters. The van der Waals surface area contributed by atoms with Gasteiger partial charge in [0.15, 0.2) is 0 Å². The molecule has 3 nitrogen and oxygen atoms in total. The van der Waals surface area contributed by atoms with Crippen LogP contribution in [0.3, 0.4) is 0 Å². The molecule has 2 aromatic rings. The summed E-state index contributed by atoms with van der Waals surface area (Å²) in [4.78, 5) is 4.23. The third kappa shape index (κ3) is 2.53. The second-order valence-electron chi connectivity index (χ2n) is 2.93. The molecule has 0 unspecified atom stereocenters. The van der Waals surface area contributed by atoms with Gasteiger partial charge in [0.25, 0.3) is 0 Å². The van der Waals surface area contributed by atoms with Crippen molar-refractivity contribution >= 4 is 11.8 Å². The Morgan fingerprint density at radius 2 is 1.93 bits per heavy atom. The van der Waals surface area contributed by atoms with Crippen LogP contribution in [-0.2, 0) is 0 Å². The number of hydrogen-bond donors (Lipinski definition) is 0. The van der Waals surface area contributed by atoms with Crippen LogP contribution in [0.4, 0.5) is 0 Å². The van der Waals surface area contributed by atoms with Gasteiger partial charge in [-0.2, -0.15) is 0 Å². The fraction of sp³-hybridized carbons (Fsp3) is 0.182. The highest BCUT2D eigenvalue weighted by Gasteiger charge is 2.00. The van der Waals surface area contributed by atoms with Crippen molar-refractivity contribution in [2.24, 2.45) is 0 Å². The van der Waals surface area contributed by atoms with Crippen molar-refractivity contribution in [1.82, 2.24) is 15.2 Å². The Bertz CT molecular complexity index is 414. The fourth-order valence-corrected chi connectivity index (χ4v) is 1.69. The maximum atomic E-state index is 4.23. The van der Waals surface area contributed by atoms with E-state index >= 15 is 0 Å². The first kappa shape index (κ1) is 10.1. The molecule has 0 N–H and O–H groups in total. The average molecular weight is 217 g/mol. The van der Waals surface area contributed by atoms with Crippen molar-refractivity contribution in [1.29, 1.82) is 0 Å². The van der Waals surface area contributed by atoms with Gasteiger partial charge in [-0.05, 0) is 5.75 Å². The van der Waals surface area contributed by atoms with Crippen LogP contribution in [0.15, 0.2) is 41.7 Å². The summed E-state index contributed by atoms with van der Waals surface area (Å²) >= 11 is 1.59. The Hall–Kier alpha value is -1.42.